The van der Waals surface area contributed by atoms with Crippen molar-refractivity contribution < 1.29 is 28.8 Å². The minimum atomic E-state index is -1.25. The fraction of sp³-hybridized carbons (Fsp3) is 0.533. The first kappa shape index (κ1) is 34.2. The molecule has 45 heavy (non-hydrogen) atoms. The summed E-state index contributed by atoms with van der Waals surface area (Å²) < 4.78 is 0. The molecular formula is C30H41N7O6S2. The number of aromatic amines is 1. The van der Waals surface area contributed by atoms with Crippen molar-refractivity contribution in [2.45, 2.75) is 70.7 Å². The lowest BCUT2D eigenvalue weighted by Gasteiger charge is -2.29. The first-order chi connectivity index (χ1) is 21.4. The van der Waals surface area contributed by atoms with Crippen molar-refractivity contribution in [2.75, 3.05) is 18.1 Å². The summed E-state index contributed by atoms with van der Waals surface area (Å²) in [4.78, 5) is 84.3. The number of amides is 6. The second kappa shape index (κ2) is 15.5. The number of hydrogen-bond donors (Lipinski definition) is 7. The summed E-state index contributed by atoms with van der Waals surface area (Å²) in [5, 5.41) is 17.3. The van der Waals surface area contributed by atoms with E-state index in [0.29, 0.717) is 5.75 Å². The third-order valence-electron chi connectivity index (χ3n) is 7.70. The maximum absolute atomic E-state index is 13.9. The summed E-state index contributed by atoms with van der Waals surface area (Å²) in [6.07, 6.45) is 1.45. The van der Waals surface area contributed by atoms with Gasteiger partial charge in [-0.3, -0.25) is 28.8 Å². The van der Waals surface area contributed by atoms with Crippen molar-refractivity contribution in [1.29, 1.82) is 0 Å². The maximum atomic E-state index is 13.9. The number of para-hydroxylation sites is 1. The van der Waals surface area contributed by atoms with Crippen molar-refractivity contribution in [3.63, 3.8) is 0 Å². The summed E-state index contributed by atoms with van der Waals surface area (Å²) in [6.45, 7) is 7.23. The molecule has 1 aromatic carbocycles. The van der Waals surface area contributed by atoms with Crippen LogP contribution < -0.4 is 31.9 Å². The van der Waals surface area contributed by atoms with E-state index in [-0.39, 0.29) is 24.6 Å². The van der Waals surface area contributed by atoms with Crippen LogP contribution in [0.4, 0.5) is 0 Å². The first-order valence-electron chi connectivity index (χ1n) is 15.0. The molecular weight excluding hydrogens is 619 g/mol. The maximum Gasteiger partial charge on any atom is 0.244 e. The number of hydrogen-bond acceptors (Lipinski definition) is 8. The molecule has 2 aromatic rings. The van der Waals surface area contributed by atoms with Gasteiger partial charge in [0.25, 0.3) is 0 Å². The molecule has 2 saturated heterocycles. The summed E-state index contributed by atoms with van der Waals surface area (Å²) in [5.74, 6) is -3.73. The van der Waals surface area contributed by atoms with Crippen molar-refractivity contribution in [3.8, 4) is 0 Å². The number of carbonyl (C=O) groups excluding carboxylic acids is 6. The number of fused-ring (bicyclic) bond motifs is 8. The van der Waals surface area contributed by atoms with E-state index in [4.69, 9.17) is 0 Å². The Morgan fingerprint density at radius 2 is 1.40 bits per heavy atom. The summed E-state index contributed by atoms with van der Waals surface area (Å²) in [7, 11) is 2.73. The van der Waals surface area contributed by atoms with Gasteiger partial charge in [0.15, 0.2) is 0 Å². The lowest BCUT2D eigenvalue weighted by molar-refractivity contribution is -0.137. The molecule has 1 aromatic heterocycles. The van der Waals surface area contributed by atoms with Gasteiger partial charge in [-0.05, 0) is 23.5 Å². The molecule has 6 amide bonds. The first-order valence-corrected chi connectivity index (χ1v) is 17.5. The molecule has 2 aliphatic heterocycles. The average Bonchev–Trinajstić information content (AvgIpc) is 3.39. The van der Waals surface area contributed by atoms with Crippen LogP contribution in [0.2, 0.25) is 0 Å². The Morgan fingerprint density at radius 3 is 2.11 bits per heavy atom. The molecule has 0 saturated carbocycles. The third kappa shape index (κ3) is 8.93. The zero-order chi connectivity index (χ0) is 32.7. The quantitative estimate of drug-likeness (QED) is 0.229. The van der Waals surface area contributed by atoms with Crippen LogP contribution in [0.15, 0.2) is 30.5 Å². The highest BCUT2D eigenvalue weighted by molar-refractivity contribution is 8.76. The van der Waals surface area contributed by atoms with Gasteiger partial charge in [0.2, 0.25) is 35.4 Å². The van der Waals surface area contributed by atoms with E-state index in [2.05, 4.69) is 36.9 Å². The molecule has 0 aliphatic carbocycles. The van der Waals surface area contributed by atoms with Crippen LogP contribution in [0.3, 0.4) is 0 Å². The van der Waals surface area contributed by atoms with Gasteiger partial charge in [0.05, 0.1) is 6.42 Å². The number of aromatic nitrogens is 1. The molecule has 15 heteroatoms. The second-order valence-electron chi connectivity index (χ2n) is 11.9. The van der Waals surface area contributed by atoms with Gasteiger partial charge >= 0.3 is 0 Å². The zero-order valence-electron chi connectivity index (χ0n) is 25.7. The fourth-order valence-electron chi connectivity index (χ4n) is 5.17. The van der Waals surface area contributed by atoms with Crippen LogP contribution in [0.5, 0.6) is 0 Å². The number of benzene rings is 1. The molecule has 0 radical (unpaired) electrons. The largest absolute Gasteiger partial charge is 0.361 e. The number of nitrogens with one attached hydrogen (secondary N) is 7. The predicted octanol–water partition coefficient (Wildman–Crippen LogP) is 0.361. The van der Waals surface area contributed by atoms with Gasteiger partial charge < -0.3 is 36.9 Å². The average molecular weight is 660 g/mol. The fourth-order valence-corrected chi connectivity index (χ4v) is 7.24. The Hall–Kier alpha value is -3.72. The molecule has 13 nitrogen and oxygen atoms in total. The van der Waals surface area contributed by atoms with Crippen molar-refractivity contribution in [1.82, 2.24) is 36.9 Å². The SMILES string of the molecule is CC(C)[C@@H]1NC(=O)[C@H](Cc2c[nH]c3ccccc23)NC(=O)[C@H]2CSSCCNC(=O)[C@H](CC(=O)N[C@H](C(C)C)C(=O)N2)NC1=O. The number of carbonyl (C=O) groups is 6. The monoisotopic (exact) mass is 659 g/mol. The van der Waals surface area contributed by atoms with Crippen molar-refractivity contribution in [3.05, 3.63) is 36.0 Å². The molecule has 244 valence electrons. The van der Waals surface area contributed by atoms with E-state index in [0.717, 1.165) is 16.5 Å². The van der Waals surface area contributed by atoms with Gasteiger partial charge in [0.1, 0.15) is 30.2 Å². The highest BCUT2D eigenvalue weighted by atomic mass is 33.1. The van der Waals surface area contributed by atoms with E-state index < -0.39 is 78.0 Å². The van der Waals surface area contributed by atoms with Crippen LogP contribution in [0.1, 0.15) is 39.7 Å². The van der Waals surface area contributed by atoms with E-state index in [1.54, 1.807) is 33.9 Å². The van der Waals surface area contributed by atoms with Gasteiger partial charge in [-0.25, -0.2) is 0 Å². The molecule has 2 fully saturated rings. The predicted molar refractivity (Wildman–Crippen MR) is 174 cm³/mol. The summed E-state index contributed by atoms with van der Waals surface area (Å²) in [5.41, 5.74) is 1.64. The molecule has 4 rings (SSSR count). The zero-order valence-corrected chi connectivity index (χ0v) is 27.4. The van der Waals surface area contributed by atoms with Crippen LogP contribution in [0.25, 0.3) is 10.9 Å². The van der Waals surface area contributed by atoms with Crippen LogP contribution in [0, 0.1) is 11.8 Å². The Morgan fingerprint density at radius 1 is 0.733 bits per heavy atom. The molecule has 2 bridgehead atoms. The topological polar surface area (TPSA) is 190 Å². The van der Waals surface area contributed by atoms with Gasteiger partial charge in [-0.2, -0.15) is 0 Å². The molecule has 5 atom stereocenters. The third-order valence-corrected chi connectivity index (χ3v) is 10.1. The summed E-state index contributed by atoms with van der Waals surface area (Å²) >= 11 is 0. The van der Waals surface area contributed by atoms with E-state index >= 15 is 0 Å². The van der Waals surface area contributed by atoms with E-state index in [1.165, 1.54) is 21.6 Å². The molecule has 0 unspecified atom stereocenters. The van der Waals surface area contributed by atoms with Crippen molar-refractivity contribution in [2.24, 2.45) is 11.8 Å². The molecule has 0 spiro atoms. The molecule has 2 aliphatic rings. The van der Waals surface area contributed by atoms with E-state index in [1.807, 2.05) is 24.3 Å². The minimum Gasteiger partial charge on any atom is -0.361 e. The van der Waals surface area contributed by atoms with Crippen LogP contribution in [-0.2, 0) is 35.2 Å². The normalized spacial score (nSPS) is 26.4. The number of rotatable bonds is 4. The summed E-state index contributed by atoms with van der Waals surface area (Å²) in [6, 6.07) is 2.07. The minimum absolute atomic E-state index is 0.103. The highest BCUT2D eigenvalue weighted by Gasteiger charge is 2.36. The lowest BCUT2D eigenvalue weighted by atomic mass is 9.99. The lowest BCUT2D eigenvalue weighted by Crippen LogP contribution is -2.62. The highest BCUT2D eigenvalue weighted by Crippen LogP contribution is 2.23. The van der Waals surface area contributed by atoms with Gasteiger partial charge in [0, 0.05) is 41.6 Å². The molecule has 7 N–H and O–H groups in total. The van der Waals surface area contributed by atoms with Gasteiger partial charge in [-0.1, -0.05) is 67.5 Å². The van der Waals surface area contributed by atoms with E-state index in [9.17, 15) is 28.8 Å². The Kier molecular flexibility index (Phi) is 11.8. The van der Waals surface area contributed by atoms with Crippen LogP contribution in [-0.4, -0.2) is 88.7 Å². The standard InChI is InChI=1S/C30H41N7O6S2/c1-15(2)24-29(42)35-22-14-45-44-10-9-31-26(39)21(12-23(38)36-24)34-30(43)25(16(3)4)37-27(40)20(33-28(22)41)11-17-13-32-19-8-6-5-7-18(17)19/h5-8,13,15-16,20-22,24-25,32H,9-12,14H2,1-4H3,(H,31,39)(H,33,41)(H,34,43)(H,35,42)(H,36,38)(H,37,40)/t20-,21-,22+,24+,25-/m0/s1. The Bertz CT molecular complexity index is 1430. The van der Waals surface area contributed by atoms with Crippen LogP contribution >= 0.6 is 21.6 Å². The van der Waals surface area contributed by atoms with Gasteiger partial charge in [-0.15, -0.1) is 0 Å². The Balaban J connectivity index is 1.77. The Labute approximate surface area is 269 Å². The van der Waals surface area contributed by atoms with Crippen molar-refractivity contribution >= 4 is 67.9 Å². The number of H-pyrrole nitrogens is 1. The smallest absolute Gasteiger partial charge is 0.244 e. The molecule has 3 heterocycles. The second-order valence-corrected chi connectivity index (χ2v) is 14.5.